The predicted octanol–water partition coefficient (Wildman–Crippen LogP) is 5.09. The number of anilines is 1. The summed E-state index contributed by atoms with van der Waals surface area (Å²) >= 11 is 0. The molecule has 0 radical (unpaired) electrons. The molecule has 0 aliphatic carbocycles. The normalized spacial score (nSPS) is 10.7. The lowest BCUT2D eigenvalue weighted by Gasteiger charge is -2.12. The number of aromatic nitrogens is 2. The summed E-state index contributed by atoms with van der Waals surface area (Å²) in [6.45, 7) is 5.84. The van der Waals surface area contributed by atoms with E-state index in [0.29, 0.717) is 11.3 Å². The van der Waals surface area contributed by atoms with Crippen molar-refractivity contribution in [2.45, 2.75) is 27.2 Å². The number of amides is 2. The molecule has 0 atom stereocenters. The molecule has 0 unspecified atom stereocenters. The van der Waals surface area contributed by atoms with E-state index in [1.165, 1.54) is 5.56 Å². The maximum absolute atomic E-state index is 13.2. The molecule has 4 rings (SSSR count). The molecule has 0 saturated carbocycles. The quantitative estimate of drug-likeness (QED) is 0.410. The number of nitrogens with zero attached hydrogens (tertiary/aromatic N) is 2. The summed E-state index contributed by atoms with van der Waals surface area (Å²) < 4.78 is 1.69. The van der Waals surface area contributed by atoms with Gasteiger partial charge in [-0.2, -0.15) is 5.10 Å². The van der Waals surface area contributed by atoms with Gasteiger partial charge in [0.1, 0.15) is 5.69 Å². The second kappa shape index (κ2) is 10.2. The highest BCUT2D eigenvalue weighted by molar-refractivity contribution is 6.03. The Morgan fingerprint density at radius 2 is 1.56 bits per heavy atom. The fourth-order valence-corrected chi connectivity index (χ4v) is 3.82. The summed E-state index contributed by atoms with van der Waals surface area (Å²) in [5.74, 6) is -0.636. The Labute approximate surface area is 199 Å². The van der Waals surface area contributed by atoms with Crippen LogP contribution in [0.2, 0.25) is 0 Å². The second-order valence-corrected chi connectivity index (χ2v) is 8.22. The lowest BCUT2D eigenvalue weighted by Crippen LogP contribution is -2.33. The van der Waals surface area contributed by atoms with Crippen molar-refractivity contribution in [1.82, 2.24) is 15.1 Å². The summed E-state index contributed by atoms with van der Waals surface area (Å²) in [6.07, 6.45) is 2.64. The van der Waals surface area contributed by atoms with Crippen molar-refractivity contribution in [1.29, 1.82) is 0 Å². The largest absolute Gasteiger partial charge is 0.343 e. The molecule has 0 fully saturated rings. The van der Waals surface area contributed by atoms with E-state index >= 15 is 0 Å². The van der Waals surface area contributed by atoms with Crippen molar-refractivity contribution in [2.75, 3.05) is 11.9 Å². The SMILES string of the molecule is CCc1ccc(-c2nn(-c3ccccc3)cc2C(=O)NCC(=O)Nc2c(C)cccc2C)cc1. The minimum atomic E-state index is -0.353. The van der Waals surface area contributed by atoms with Crippen molar-refractivity contribution in [3.05, 3.63) is 101 Å². The third-order valence-corrected chi connectivity index (χ3v) is 5.77. The lowest BCUT2D eigenvalue weighted by atomic mass is 10.0. The van der Waals surface area contributed by atoms with Crippen LogP contribution < -0.4 is 10.6 Å². The highest BCUT2D eigenvalue weighted by atomic mass is 16.2. The molecule has 3 aromatic carbocycles. The molecule has 0 aliphatic rings. The molecule has 1 heterocycles. The Morgan fingerprint density at radius 3 is 2.21 bits per heavy atom. The molecule has 0 bridgehead atoms. The van der Waals surface area contributed by atoms with Crippen LogP contribution in [0.25, 0.3) is 16.9 Å². The Kier molecular flexibility index (Phi) is 6.87. The number of hydrogen-bond acceptors (Lipinski definition) is 3. The molecular weight excluding hydrogens is 424 g/mol. The minimum Gasteiger partial charge on any atom is -0.343 e. The molecule has 6 nitrogen and oxygen atoms in total. The number of rotatable bonds is 7. The molecule has 2 amide bonds. The molecule has 2 N–H and O–H groups in total. The first-order valence-electron chi connectivity index (χ1n) is 11.3. The molecule has 1 aromatic heterocycles. The third kappa shape index (κ3) is 5.07. The fourth-order valence-electron chi connectivity index (χ4n) is 3.82. The van der Waals surface area contributed by atoms with Crippen LogP contribution in [0.5, 0.6) is 0 Å². The summed E-state index contributed by atoms with van der Waals surface area (Å²) in [5.41, 5.74) is 6.60. The van der Waals surface area contributed by atoms with Gasteiger partial charge in [-0.1, -0.05) is 67.6 Å². The van der Waals surface area contributed by atoms with Crippen molar-refractivity contribution < 1.29 is 9.59 Å². The van der Waals surface area contributed by atoms with Crippen molar-refractivity contribution in [2.24, 2.45) is 0 Å². The first-order chi connectivity index (χ1) is 16.5. The highest BCUT2D eigenvalue weighted by Gasteiger charge is 2.19. The Balaban J connectivity index is 1.57. The van der Waals surface area contributed by atoms with Gasteiger partial charge < -0.3 is 10.6 Å². The highest BCUT2D eigenvalue weighted by Crippen LogP contribution is 2.25. The van der Waals surface area contributed by atoms with Gasteiger partial charge in [-0.3, -0.25) is 9.59 Å². The second-order valence-electron chi connectivity index (χ2n) is 8.22. The standard InChI is InChI=1S/C28H28N4O2/c1-4-21-13-15-22(16-14-21)27-24(18-32(31-27)23-11-6-5-7-12-23)28(34)29-17-25(33)30-26-19(2)9-8-10-20(26)3/h5-16,18H,4,17H2,1-3H3,(H,29,34)(H,30,33). The number of benzene rings is 3. The van der Waals surface area contributed by atoms with E-state index in [0.717, 1.165) is 34.5 Å². The van der Waals surface area contributed by atoms with Crippen LogP contribution in [0.15, 0.2) is 79.0 Å². The van der Waals surface area contributed by atoms with Crippen LogP contribution in [0.1, 0.15) is 34.0 Å². The summed E-state index contributed by atoms with van der Waals surface area (Å²) in [6, 6.07) is 23.5. The van der Waals surface area contributed by atoms with E-state index in [4.69, 9.17) is 5.10 Å². The monoisotopic (exact) mass is 452 g/mol. The van der Waals surface area contributed by atoms with E-state index in [1.807, 2.05) is 86.6 Å². The molecule has 0 spiro atoms. The first kappa shape index (κ1) is 23.0. The molecule has 4 aromatic rings. The van der Waals surface area contributed by atoms with Gasteiger partial charge in [-0.25, -0.2) is 4.68 Å². The zero-order valence-corrected chi connectivity index (χ0v) is 19.6. The van der Waals surface area contributed by atoms with Gasteiger partial charge in [0.15, 0.2) is 0 Å². The number of nitrogens with one attached hydrogen (secondary N) is 2. The van der Waals surface area contributed by atoms with Crippen LogP contribution in [-0.4, -0.2) is 28.1 Å². The number of aryl methyl sites for hydroxylation is 3. The minimum absolute atomic E-state index is 0.142. The molecule has 6 heteroatoms. The van der Waals surface area contributed by atoms with Gasteiger partial charge in [0, 0.05) is 17.4 Å². The molecule has 0 aliphatic heterocycles. The van der Waals surface area contributed by atoms with Gasteiger partial charge in [0.25, 0.3) is 5.91 Å². The summed E-state index contributed by atoms with van der Waals surface area (Å²) in [5, 5.41) is 10.4. The Hall–Kier alpha value is -4.19. The van der Waals surface area contributed by atoms with Crippen LogP contribution in [-0.2, 0) is 11.2 Å². The maximum Gasteiger partial charge on any atom is 0.255 e. The smallest absolute Gasteiger partial charge is 0.255 e. The van der Waals surface area contributed by atoms with E-state index in [2.05, 4.69) is 17.6 Å². The van der Waals surface area contributed by atoms with Gasteiger partial charge in [-0.15, -0.1) is 0 Å². The third-order valence-electron chi connectivity index (χ3n) is 5.77. The van der Waals surface area contributed by atoms with Gasteiger partial charge in [-0.05, 0) is 49.1 Å². The van der Waals surface area contributed by atoms with E-state index < -0.39 is 0 Å². The predicted molar refractivity (Wildman–Crippen MR) is 135 cm³/mol. The van der Waals surface area contributed by atoms with E-state index in [9.17, 15) is 9.59 Å². The van der Waals surface area contributed by atoms with E-state index in [1.54, 1.807) is 10.9 Å². The first-order valence-corrected chi connectivity index (χ1v) is 11.3. The zero-order valence-electron chi connectivity index (χ0n) is 19.6. The lowest BCUT2D eigenvalue weighted by molar-refractivity contribution is -0.115. The number of hydrogen-bond donors (Lipinski definition) is 2. The Bertz CT molecular complexity index is 1290. The summed E-state index contributed by atoms with van der Waals surface area (Å²) in [4.78, 5) is 25.7. The topological polar surface area (TPSA) is 76.0 Å². The molecule has 0 saturated heterocycles. The van der Waals surface area contributed by atoms with Crippen molar-refractivity contribution in [3.63, 3.8) is 0 Å². The van der Waals surface area contributed by atoms with Crippen molar-refractivity contribution >= 4 is 17.5 Å². The van der Waals surface area contributed by atoms with Crippen LogP contribution >= 0.6 is 0 Å². The Morgan fingerprint density at radius 1 is 0.882 bits per heavy atom. The maximum atomic E-state index is 13.2. The molecule has 172 valence electrons. The van der Waals surface area contributed by atoms with Crippen LogP contribution in [0, 0.1) is 13.8 Å². The molecule has 34 heavy (non-hydrogen) atoms. The zero-order chi connectivity index (χ0) is 24.1. The van der Waals surface area contributed by atoms with E-state index in [-0.39, 0.29) is 18.4 Å². The number of carbonyl (C=O) groups is 2. The average Bonchev–Trinajstić information content (AvgIpc) is 3.31. The van der Waals surface area contributed by atoms with Gasteiger partial charge in [0.2, 0.25) is 5.91 Å². The van der Waals surface area contributed by atoms with Gasteiger partial charge >= 0.3 is 0 Å². The molecular formula is C28H28N4O2. The van der Waals surface area contributed by atoms with Gasteiger partial charge in [0.05, 0.1) is 17.8 Å². The van der Waals surface area contributed by atoms with Crippen molar-refractivity contribution in [3.8, 4) is 16.9 Å². The fraction of sp³-hybridized carbons (Fsp3) is 0.179. The number of para-hydroxylation sites is 2. The summed E-state index contributed by atoms with van der Waals surface area (Å²) in [7, 11) is 0. The average molecular weight is 453 g/mol. The number of carbonyl (C=O) groups excluding carboxylic acids is 2. The van der Waals surface area contributed by atoms with Crippen LogP contribution in [0.4, 0.5) is 5.69 Å². The van der Waals surface area contributed by atoms with Crippen LogP contribution in [0.3, 0.4) is 0 Å².